The Labute approximate surface area is 121 Å². The van der Waals surface area contributed by atoms with Crippen LogP contribution in [0.5, 0.6) is 0 Å². The van der Waals surface area contributed by atoms with E-state index >= 15 is 0 Å². The van der Waals surface area contributed by atoms with Gasteiger partial charge in [-0.3, -0.25) is 4.68 Å². The number of hydrogen-bond donors (Lipinski definition) is 1. The van der Waals surface area contributed by atoms with Crippen molar-refractivity contribution in [2.45, 2.75) is 32.1 Å². The Hall–Kier alpha value is -1.68. The van der Waals surface area contributed by atoms with Gasteiger partial charge in [0, 0.05) is 31.6 Å². The minimum Gasteiger partial charge on any atom is -0.316 e. The summed E-state index contributed by atoms with van der Waals surface area (Å²) in [5.74, 6) is 0. The summed E-state index contributed by atoms with van der Waals surface area (Å²) >= 11 is 0. The van der Waals surface area contributed by atoms with Crippen molar-refractivity contribution in [3.8, 4) is 0 Å². The third-order valence-electron chi connectivity index (χ3n) is 3.95. The maximum atomic E-state index is 4.27. The van der Waals surface area contributed by atoms with E-state index in [-0.39, 0.29) is 5.41 Å². The molecule has 0 saturated carbocycles. The molecule has 1 N–H and O–H groups in total. The number of aryl methyl sites for hydroxylation is 1. The van der Waals surface area contributed by atoms with Gasteiger partial charge in [-0.1, -0.05) is 49.4 Å². The maximum Gasteiger partial charge on any atom is 0.0836 e. The number of nitrogens with one attached hydrogen (secondary N) is 1. The molecule has 1 aromatic heterocycles. The van der Waals surface area contributed by atoms with Crippen molar-refractivity contribution < 1.29 is 0 Å². The highest BCUT2D eigenvalue weighted by Gasteiger charge is 2.31. The van der Waals surface area contributed by atoms with Crippen LogP contribution in [0.15, 0.2) is 36.5 Å². The van der Waals surface area contributed by atoms with Crippen LogP contribution in [0, 0.1) is 0 Å². The van der Waals surface area contributed by atoms with Crippen LogP contribution in [0.2, 0.25) is 0 Å². The second-order valence-corrected chi connectivity index (χ2v) is 5.34. The summed E-state index contributed by atoms with van der Waals surface area (Å²) in [7, 11) is 1.91. The average Bonchev–Trinajstić information content (AvgIpc) is 2.89. The zero-order valence-electron chi connectivity index (χ0n) is 12.6. The zero-order chi connectivity index (χ0) is 14.4. The second-order valence-electron chi connectivity index (χ2n) is 5.34. The van der Waals surface area contributed by atoms with Crippen molar-refractivity contribution in [1.82, 2.24) is 20.3 Å². The number of likely N-dealkylation sites (N-methyl/N-ethyl adjacent to an activating group) is 1. The Morgan fingerprint density at radius 1 is 1.20 bits per heavy atom. The molecule has 1 unspecified atom stereocenters. The molecule has 0 radical (unpaired) electrons. The predicted molar refractivity (Wildman–Crippen MR) is 81.7 cm³/mol. The molecule has 0 aliphatic heterocycles. The van der Waals surface area contributed by atoms with E-state index in [1.165, 1.54) is 5.56 Å². The summed E-state index contributed by atoms with van der Waals surface area (Å²) in [6.45, 7) is 6.34. The largest absolute Gasteiger partial charge is 0.316 e. The number of benzene rings is 1. The molecular formula is C16H24N4. The third kappa shape index (κ3) is 3.25. The SMILES string of the molecule is CCNCC(CC)(Cc1cn(C)nn1)c1ccccc1. The van der Waals surface area contributed by atoms with Crippen molar-refractivity contribution >= 4 is 0 Å². The quantitative estimate of drug-likeness (QED) is 0.841. The number of hydrogen-bond acceptors (Lipinski definition) is 3. The van der Waals surface area contributed by atoms with E-state index in [2.05, 4.69) is 59.8 Å². The lowest BCUT2D eigenvalue weighted by molar-refractivity contribution is 0.378. The van der Waals surface area contributed by atoms with Gasteiger partial charge < -0.3 is 5.32 Å². The van der Waals surface area contributed by atoms with E-state index in [9.17, 15) is 0 Å². The Morgan fingerprint density at radius 3 is 2.50 bits per heavy atom. The summed E-state index contributed by atoms with van der Waals surface area (Å²) in [5, 5.41) is 11.8. The summed E-state index contributed by atoms with van der Waals surface area (Å²) in [6.07, 6.45) is 3.99. The van der Waals surface area contributed by atoms with Gasteiger partial charge in [0.2, 0.25) is 0 Å². The van der Waals surface area contributed by atoms with Crippen LogP contribution >= 0.6 is 0 Å². The maximum absolute atomic E-state index is 4.27. The number of aromatic nitrogens is 3. The van der Waals surface area contributed by atoms with Gasteiger partial charge in [0.05, 0.1) is 5.69 Å². The smallest absolute Gasteiger partial charge is 0.0836 e. The first-order chi connectivity index (χ1) is 9.70. The molecule has 0 aliphatic carbocycles. The van der Waals surface area contributed by atoms with Crippen LogP contribution in [0.3, 0.4) is 0 Å². The van der Waals surface area contributed by atoms with Crippen LogP contribution < -0.4 is 5.32 Å². The molecule has 4 nitrogen and oxygen atoms in total. The molecule has 2 aromatic rings. The van der Waals surface area contributed by atoms with Gasteiger partial charge in [0.1, 0.15) is 0 Å². The van der Waals surface area contributed by atoms with Crippen molar-refractivity contribution in [1.29, 1.82) is 0 Å². The van der Waals surface area contributed by atoms with E-state index in [1.54, 1.807) is 4.68 Å². The fourth-order valence-corrected chi connectivity index (χ4v) is 2.70. The first kappa shape index (κ1) is 14.7. The Bertz CT molecular complexity index is 520. The third-order valence-corrected chi connectivity index (χ3v) is 3.95. The topological polar surface area (TPSA) is 42.7 Å². The summed E-state index contributed by atoms with van der Waals surface area (Å²) in [6, 6.07) is 10.7. The Kier molecular flexibility index (Phi) is 4.90. The van der Waals surface area contributed by atoms with Crippen LogP contribution in [-0.2, 0) is 18.9 Å². The minimum absolute atomic E-state index is 0.0767. The lowest BCUT2D eigenvalue weighted by Crippen LogP contribution is -2.39. The highest BCUT2D eigenvalue weighted by atomic mass is 15.4. The normalized spacial score (nSPS) is 14.2. The summed E-state index contributed by atoms with van der Waals surface area (Å²) < 4.78 is 1.77. The first-order valence-electron chi connectivity index (χ1n) is 7.31. The lowest BCUT2D eigenvalue weighted by atomic mass is 9.74. The van der Waals surface area contributed by atoms with Gasteiger partial charge in [0.25, 0.3) is 0 Å². The van der Waals surface area contributed by atoms with Gasteiger partial charge in [-0.15, -0.1) is 5.10 Å². The average molecular weight is 272 g/mol. The van der Waals surface area contributed by atoms with Gasteiger partial charge in [-0.05, 0) is 18.5 Å². The monoisotopic (exact) mass is 272 g/mol. The number of rotatable bonds is 7. The summed E-state index contributed by atoms with van der Waals surface area (Å²) in [5.41, 5.74) is 2.50. The first-order valence-corrected chi connectivity index (χ1v) is 7.31. The molecule has 4 heteroatoms. The van der Waals surface area contributed by atoms with Crippen LogP contribution in [-0.4, -0.2) is 28.1 Å². The van der Waals surface area contributed by atoms with Gasteiger partial charge in [-0.2, -0.15) is 0 Å². The molecule has 0 saturated heterocycles. The lowest BCUT2D eigenvalue weighted by Gasteiger charge is -2.33. The van der Waals surface area contributed by atoms with Gasteiger partial charge in [-0.25, -0.2) is 0 Å². The van der Waals surface area contributed by atoms with E-state index < -0.39 is 0 Å². The van der Waals surface area contributed by atoms with Gasteiger partial charge >= 0.3 is 0 Å². The molecule has 0 amide bonds. The highest BCUT2D eigenvalue weighted by molar-refractivity contribution is 5.28. The van der Waals surface area contributed by atoms with Crippen LogP contribution in [0.4, 0.5) is 0 Å². The van der Waals surface area contributed by atoms with Crippen LogP contribution in [0.25, 0.3) is 0 Å². The molecule has 2 rings (SSSR count). The zero-order valence-corrected chi connectivity index (χ0v) is 12.6. The van der Waals surface area contributed by atoms with E-state index in [4.69, 9.17) is 0 Å². The fraction of sp³-hybridized carbons (Fsp3) is 0.500. The number of nitrogens with zero attached hydrogens (tertiary/aromatic N) is 3. The van der Waals surface area contributed by atoms with Crippen molar-refractivity contribution in [2.24, 2.45) is 7.05 Å². The van der Waals surface area contributed by atoms with E-state index in [0.717, 1.165) is 31.6 Å². The molecule has 1 atom stereocenters. The standard InChI is InChI=1S/C16H24N4/c1-4-16(13-17-5-2,14-9-7-6-8-10-14)11-15-12-20(3)19-18-15/h6-10,12,17H,4-5,11,13H2,1-3H3. The van der Waals surface area contributed by atoms with Crippen LogP contribution in [0.1, 0.15) is 31.5 Å². The van der Waals surface area contributed by atoms with Crippen molar-refractivity contribution in [3.63, 3.8) is 0 Å². The summed E-state index contributed by atoms with van der Waals surface area (Å²) in [4.78, 5) is 0. The van der Waals surface area contributed by atoms with E-state index in [1.807, 2.05) is 13.2 Å². The molecule has 1 heterocycles. The molecular weight excluding hydrogens is 248 g/mol. The van der Waals surface area contributed by atoms with Gasteiger partial charge in [0.15, 0.2) is 0 Å². The molecule has 0 spiro atoms. The Balaban J connectivity index is 2.31. The molecule has 0 aliphatic rings. The molecule has 108 valence electrons. The molecule has 0 fully saturated rings. The van der Waals surface area contributed by atoms with E-state index in [0.29, 0.717) is 0 Å². The highest BCUT2D eigenvalue weighted by Crippen LogP contribution is 2.31. The molecule has 0 bridgehead atoms. The minimum atomic E-state index is 0.0767. The second kappa shape index (κ2) is 6.66. The van der Waals surface area contributed by atoms with Crippen molar-refractivity contribution in [2.75, 3.05) is 13.1 Å². The fourth-order valence-electron chi connectivity index (χ4n) is 2.70. The molecule has 1 aromatic carbocycles. The molecule has 20 heavy (non-hydrogen) atoms. The predicted octanol–water partition coefficient (Wildman–Crippen LogP) is 2.32. The Morgan fingerprint density at radius 2 is 1.95 bits per heavy atom. The van der Waals surface area contributed by atoms with Crippen molar-refractivity contribution in [3.05, 3.63) is 47.8 Å².